The summed E-state index contributed by atoms with van der Waals surface area (Å²) in [5, 5.41) is 10.8. The molecule has 1 heterocycles. The first-order chi connectivity index (χ1) is 7.25. The Labute approximate surface area is 90.0 Å². The van der Waals surface area contributed by atoms with E-state index < -0.39 is 0 Å². The van der Waals surface area contributed by atoms with Crippen LogP contribution in [0.3, 0.4) is 0 Å². The normalized spacial score (nSPS) is 32.5. The minimum absolute atomic E-state index is 0.628. The van der Waals surface area contributed by atoms with Crippen LogP contribution in [0.4, 0.5) is 5.69 Å². The number of aromatic amines is 1. The first-order valence-corrected chi connectivity index (χ1v) is 5.70. The molecule has 2 aliphatic rings. The lowest BCUT2D eigenvalue weighted by atomic mass is 9.71. The Balaban J connectivity index is 1.74. The number of nitrogens with one attached hydrogen (secondary N) is 2. The fourth-order valence-electron chi connectivity index (χ4n) is 2.83. The Morgan fingerprint density at radius 2 is 2.33 bits per heavy atom. The minimum Gasteiger partial charge on any atom is -0.379 e. The summed E-state index contributed by atoms with van der Waals surface area (Å²) in [5.41, 5.74) is 3.44. The van der Waals surface area contributed by atoms with Crippen LogP contribution in [0.1, 0.15) is 24.2 Å². The van der Waals surface area contributed by atoms with Gasteiger partial charge in [-0.2, -0.15) is 5.10 Å². The number of hydrogen-bond acceptors (Lipinski definition) is 2. The summed E-state index contributed by atoms with van der Waals surface area (Å²) in [6, 6.07) is 0.628. The molecule has 80 valence electrons. The van der Waals surface area contributed by atoms with Gasteiger partial charge in [-0.15, -0.1) is 0 Å². The molecule has 3 rings (SSSR count). The predicted octanol–water partition coefficient (Wildman–Crippen LogP) is 2.40. The number of H-pyrrole nitrogens is 1. The van der Waals surface area contributed by atoms with Gasteiger partial charge in [-0.05, 0) is 32.6 Å². The van der Waals surface area contributed by atoms with Crippen molar-refractivity contribution < 1.29 is 0 Å². The zero-order chi connectivity index (χ0) is 10.4. The van der Waals surface area contributed by atoms with Crippen molar-refractivity contribution in [2.45, 2.75) is 32.7 Å². The smallest absolute Gasteiger partial charge is 0.0825 e. The van der Waals surface area contributed by atoms with E-state index in [-0.39, 0.29) is 0 Å². The summed E-state index contributed by atoms with van der Waals surface area (Å²) in [6.07, 6.45) is 7.29. The fourth-order valence-corrected chi connectivity index (χ4v) is 2.83. The standard InChI is InChI=1S/C12H17N3/c1-7-12(8(2)15-14-7)13-11-6-9-4-3-5-10(9)11/h3,5,9-11,13H,4,6H2,1-2H3,(H,14,15). The van der Waals surface area contributed by atoms with E-state index in [1.165, 1.54) is 18.5 Å². The molecule has 0 spiro atoms. The summed E-state index contributed by atoms with van der Waals surface area (Å²) < 4.78 is 0. The second kappa shape index (κ2) is 3.12. The number of anilines is 1. The molecule has 2 aliphatic carbocycles. The minimum atomic E-state index is 0.628. The van der Waals surface area contributed by atoms with E-state index in [4.69, 9.17) is 0 Å². The van der Waals surface area contributed by atoms with Gasteiger partial charge < -0.3 is 5.32 Å². The lowest BCUT2D eigenvalue weighted by Crippen LogP contribution is -2.43. The third-order valence-corrected chi connectivity index (χ3v) is 3.82. The van der Waals surface area contributed by atoms with Gasteiger partial charge in [0.1, 0.15) is 0 Å². The van der Waals surface area contributed by atoms with Crippen molar-refractivity contribution >= 4 is 5.69 Å². The molecular formula is C12H17N3. The van der Waals surface area contributed by atoms with Gasteiger partial charge in [-0.25, -0.2) is 0 Å². The highest BCUT2D eigenvalue weighted by Crippen LogP contribution is 2.44. The Hall–Kier alpha value is -1.25. The molecular weight excluding hydrogens is 186 g/mol. The number of fused-ring (bicyclic) bond motifs is 1. The van der Waals surface area contributed by atoms with E-state index in [0.717, 1.165) is 23.2 Å². The van der Waals surface area contributed by atoms with Crippen molar-refractivity contribution in [3.63, 3.8) is 0 Å². The van der Waals surface area contributed by atoms with Crippen molar-refractivity contribution in [3.05, 3.63) is 23.5 Å². The molecule has 0 amide bonds. The van der Waals surface area contributed by atoms with Crippen molar-refractivity contribution in [1.29, 1.82) is 0 Å². The van der Waals surface area contributed by atoms with E-state index in [2.05, 4.69) is 34.6 Å². The van der Waals surface area contributed by atoms with E-state index in [1.54, 1.807) is 0 Å². The number of allylic oxidation sites excluding steroid dienone is 1. The van der Waals surface area contributed by atoms with Crippen LogP contribution in [0.5, 0.6) is 0 Å². The topological polar surface area (TPSA) is 40.7 Å². The van der Waals surface area contributed by atoms with Crippen molar-refractivity contribution in [2.24, 2.45) is 11.8 Å². The zero-order valence-corrected chi connectivity index (χ0v) is 9.25. The molecule has 3 nitrogen and oxygen atoms in total. The van der Waals surface area contributed by atoms with Gasteiger partial charge in [-0.1, -0.05) is 12.2 Å². The molecule has 1 aromatic rings. The Kier molecular flexibility index (Phi) is 1.87. The van der Waals surface area contributed by atoms with Gasteiger partial charge in [-0.3, -0.25) is 5.10 Å². The highest BCUT2D eigenvalue weighted by Gasteiger charge is 2.41. The molecule has 0 saturated heterocycles. The van der Waals surface area contributed by atoms with Crippen LogP contribution >= 0.6 is 0 Å². The van der Waals surface area contributed by atoms with Gasteiger partial charge in [0, 0.05) is 12.0 Å². The van der Waals surface area contributed by atoms with Crippen molar-refractivity contribution in [2.75, 3.05) is 5.32 Å². The molecule has 15 heavy (non-hydrogen) atoms. The molecule has 1 fully saturated rings. The van der Waals surface area contributed by atoms with Gasteiger partial charge in [0.2, 0.25) is 0 Å². The van der Waals surface area contributed by atoms with Crippen LogP contribution in [0.2, 0.25) is 0 Å². The first kappa shape index (κ1) is 9.01. The molecule has 3 atom stereocenters. The van der Waals surface area contributed by atoms with Gasteiger partial charge in [0.15, 0.2) is 0 Å². The highest BCUT2D eigenvalue weighted by atomic mass is 15.2. The summed E-state index contributed by atoms with van der Waals surface area (Å²) in [7, 11) is 0. The predicted molar refractivity (Wildman–Crippen MR) is 60.8 cm³/mol. The Morgan fingerprint density at radius 3 is 3.00 bits per heavy atom. The monoisotopic (exact) mass is 203 g/mol. The Morgan fingerprint density at radius 1 is 1.47 bits per heavy atom. The van der Waals surface area contributed by atoms with Crippen LogP contribution in [0.15, 0.2) is 12.2 Å². The molecule has 3 unspecified atom stereocenters. The lowest BCUT2D eigenvalue weighted by molar-refractivity contribution is 0.218. The molecule has 0 bridgehead atoms. The van der Waals surface area contributed by atoms with Crippen LogP contribution in [0.25, 0.3) is 0 Å². The van der Waals surface area contributed by atoms with Gasteiger partial charge in [0.05, 0.1) is 17.1 Å². The van der Waals surface area contributed by atoms with E-state index in [1.807, 2.05) is 6.92 Å². The number of aryl methyl sites for hydroxylation is 2. The number of hydrogen-bond donors (Lipinski definition) is 2. The molecule has 2 N–H and O–H groups in total. The molecule has 0 radical (unpaired) electrons. The summed E-state index contributed by atoms with van der Waals surface area (Å²) in [6.45, 7) is 4.12. The first-order valence-electron chi connectivity index (χ1n) is 5.70. The SMILES string of the molecule is Cc1n[nH]c(C)c1NC1CC2CC=CC21. The van der Waals surface area contributed by atoms with Crippen LogP contribution in [-0.4, -0.2) is 16.2 Å². The fraction of sp³-hybridized carbons (Fsp3) is 0.583. The van der Waals surface area contributed by atoms with Crippen molar-refractivity contribution in [1.82, 2.24) is 10.2 Å². The maximum absolute atomic E-state index is 4.21. The maximum atomic E-state index is 4.21. The largest absolute Gasteiger partial charge is 0.379 e. The summed E-state index contributed by atoms with van der Waals surface area (Å²) in [5.74, 6) is 1.67. The number of nitrogens with zero attached hydrogens (tertiary/aromatic N) is 1. The molecule has 1 aromatic heterocycles. The average Bonchev–Trinajstić information content (AvgIpc) is 2.70. The third kappa shape index (κ3) is 1.29. The zero-order valence-electron chi connectivity index (χ0n) is 9.25. The molecule has 1 saturated carbocycles. The third-order valence-electron chi connectivity index (χ3n) is 3.82. The average molecular weight is 203 g/mol. The lowest BCUT2D eigenvalue weighted by Gasteiger charge is -2.41. The van der Waals surface area contributed by atoms with E-state index in [0.29, 0.717) is 6.04 Å². The molecule has 0 aromatic carbocycles. The van der Waals surface area contributed by atoms with Crippen LogP contribution in [0, 0.1) is 25.7 Å². The van der Waals surface area contributed by atoms with Crippen LogP contribution in [-0.2, 0) is 0 Å². The molecule has 3 heteroatoms. The van der Waals surface area contributed by atoms with Gasteiger partial charge >= 0.3 is 0 Å². The maximum Gasteiger partial charge on any atom is 0.0825 e. The molecule has 0 aliphatic heterocycles. The van der Waals surface area contributed by atoms with Crippen LogP contribution < -0.4 is 5.32 Å². The van der Waals surface area contributed by atoms with E-state index >= 15 is 0 Å². The van der Waals surface area contributed by atoms with Gasteiger partial charge in [0.25, 0.3) is 0 Å². The quantitative estimate of drug-likeness (QED) is 0.725. The van der Waals surface area contributed by atoms with E-state index in [9.17, 15) is 0 Å². The summed E-state index contributed by atoms with van der Waals surface area (Å²) >= 11 is 0. The van der Waals surface area contributed by atoms with Crippen molar-refractivity contribution in [3.8, 4) is 0 Å². The number of rotatable bonds is 2. The second-order valence-electron chi connectivity index (χ2n) is 4.80. The summed E-state index contributed by atoms with van der Waals surface area (Å²) in [4.78, 5) is 0. The highest BCUT2D eigenvalue weighted by molar-refractivity contribution is 5.53. The second-order valence-corrected chi connectivity index (χ2v) is 4.80. The Bertz CT molecular complexity index is 385. The number of aromatic nitrogens is 2.